The summed E-state index contributed by atoms with van der Waals surface area (Å²) >= 11 is 0. The predicted octanol–water partition coefficient (Wildman–Crippen LogP) is 7.50. The van der Waals surface area contributed by atoms with Crippen molar-refractivity contribution in [2.75, 3.05) is 5.84 Å². The van der Waals surface area contributed by atoms with Crippen molar-refractivity contribution in [2.45, 2.75) is 0 Å². The first-order valence-corrected chi connectivity index (χ1v) is 11.4. The fourth-order valence-electron chi connectivity index (χ4n) is 5.73. The minimum Gasteiger partial charge on any atom is -0.456 e. The van der Waals surface area contributed by atoms with E-state index in [1.807, 2.05) is 22.9 Å². The maximum Gasteiger partial charge on any atom is 0.136 e. The van der Waals surface area contributed by atoms with Crippen molar-refractivity contribution in [3.8, 4) is 5.69 Å². The number of rotatable bonds is 1. The molecule has 3 aromatic heterocycles. The number of aromatic nitrogens is 2. The van der Waals surface area contributed by atoms with Crippen LogP contribution in [0.25, 0.3) is 71.2 Å². The zero-order valence-corrected chi connectivity index (χ0v) is 18.2. The first kappa shape index (κ1) is 17.8. The molecule has 5 aromatic carbocycles. The molecular formula is C30H19N3O. The molecule has 0 atom stereocenters. The normalized spacial score (nSPS) is 12.2. The van der Waals surface area contributed by atoms with Gasteiger partial charge in [-0.2, -0.15) is 0 Å². The lowest BCUT2D eigenvalue weighted by Gasteiger charge is -2.09. The number of nitrogens with zero attached hydrogens (tertiary/aromatic N) is 2. The Balaban J connectivity index is 1.74. The highest BCUT2D eigenvalue weighted by Gasteiger charge is 2.22. The third-order valence-corrected chi connectivity index (χ3v) is 7.12. The molecule has 4 nitrogen and oxygen atoms in total. The molecule has 0 aliphatic heterocycles. The van der Waals surface area contributed by atoms with Crippen molar-refractivity contribution in [1.29, 1.82) is 0 Å². The van der Waals surface area contributed by atoms with Gasteiger partial charge in [-0.1, -0.05) is 60.7 Å². The lowest BCUT2D eigenvalue weighted by atomic mass is 10.0. The second-order valence-electron chi connectivity index (χ2n) is 8.85. The maximum absolute atomic E-state index is 6.73. The molecule has 0 saturated carbocycles. The highest BCUT2D eigenvalue weighted by Crippen LogP contribution is 2.44. The van der Waals surface area contributed by atoms with Gasteiger partial charge in [0.15, 0.2) is 0 Å². The first-order valence-electron chi connectivity index (χ1n) is 11.4. The van der Waals surface area contributed by atoms with Crippen molar-refractivity contribution in [3.05, 3.63) is 103 Å². The lowest BCUT2D eigenvalue weighted by molar-refractivity contribution is 0.669. The Morgan fingerprint density at radius 3 is 2.09 bits per heavy atom. The number of hydrogen-bond acceptors (Lipinski definition) is 2. The van der Waals surface area contributed by atoms with Crippen LogP contribution in [-0.4, -0.2) is 9.24 Å². The molecule has 160 valence electrons. The van der Waals surface area contributed by atoms with Crippen molar-refractivity contribution in [2.24, 2.45) is 0 Å². The Labute approximate surface area is 194 Å². The van der Waals surface area contributed by atoms with Gasteiger partial charge in [0.2, 0.25) is 0 Å². The van der Waals surface area contributed by atoms with Crippen LogP contribution in [0.15, 0.2) is 108 Å². The Morgan fingerprint density at radius 1 is 0.500 bits per heavy atom. The summed E-state index contributed by atoms with van der Waals surface area (Å²) < 4.78 is 10.4. The van der Waals surface area contributed by atoms with Crippen LogP contribution >= 0.6 is 0 Å². The topological polar surface area (TPSA) is 49.0 Å². The van der Waals surface area contributed by atoms with E-state index < -0.39 is 0 Å². The minimum absolute atomic E-state index is 0.876. The van der Waals surface area contributed by atoms with Crippen molar-refractivity contribution in [3.63, 3.8) is 0 Å². The molecule has 0 aliphatic carbocycles. The van der Waals surface area contributed by atoms with E-state index in [-0.39, 0.29) is 0 Å². The molecule has 0 saturated heterocycles. The van der Waals surface area contributed by atoms with E-state index >= 15 is 0 Å². The smallest absolute Gasteiger partial charge is 0.136 e. The van der Waals surface area contributed by atoms with E-state index in [9.17, 15) is 0 Å². The largest absolute Gasteiger partial charge is 0.456 e. The van der Waals surface area contributed by atoms with Gasteiger partial charge in [-0.3, -0.25) is 4.68 Å². The molecule has 4 heteroatoms. The van der Waals surface area contributed by atoms with E-state index in [4.69, 9.17) is 10.3 Å². The van der Waals surface area contributed by atoms with Crippen molar-refractivity contribution < 1.29 is 4.42 Å². The molecule has 0 aliphatic rings. The van der Waals surface area contributed by atoms with Crippen LogP contribution in [0.1, 0.15) is 0 Å². The zero-order chi connectivity index (χ0) is 22.4. The summed E-state index contributed by atoms with van der Waals surface area (Å²) in [5.74, 6) is 6.73. The molecule has 0 spiro atoms. The Morgan fingerprint density at radius 2 is 1.21 bits per heavy atom. The summed E-state index contributed by atoms with van der Waals surface area (Å²) in [6, 6.07) is 35.8. The fraction of sp³-hybridized carbons (Fsp3) is 0. The van der Waals surface area contributed by atoms with E-state index in [2.05, 4.69) is 89.5 Å². The van der Waals surface area contributed by atoms with Crippen molar-refractivity contribution in [1.82, 2.24) is 9.24 Å². The van der Waals surface area contributed by atoms with Crippen LogP contribution in [0.4, 0.5) is 0 Å². The van der Waals surface area contributed by atoms with Crippen molar-refractivity contribution >= 4 is 65.6 Å². The number of benzene rings is 5. The molecule has 8 rings (SSSR count). The highest BCUT2D eigenvalue weighted by molar-refractivity contribution is 6.33. The maximum atomic E-state index is 6.73. The quantitative estimate of drug-likeness (QED) is 0.270. The van der Waals surface area contributed by atoms with Crippen LogP contribution in [0.5, 0.6) is 0 Å². The monoisotopic (exact) mass is 437 g/mol. The van der Waals surface area contributed by atoms with Gasteiger partial charge in [0.25, 0.3) is 0 Å². The number of para-hydroxylation sites is 3. The first-order chi connectivity index (χ1) is 16.8. The molecule has 34 heavy (non-hydrogen) atoms. The van der Waals surface area contributed by atoms with E-state index in [1.165, 1.54) is 16.3 Å². The summed E-state index contributed by atoms with van der Waals surface area (Å²) in [5.41, 5.74) is 7.23. The number of hydrogen-bond donors (Lipinski definition) is 1. The van der Waals surface area contributed by atoms with Gasteiger partial charge in [-0.05, 0) is 42.5 Å². The molecule has 0 bridgehead atoms. The van der Waals surface area contributed by atoms with Gasteiger partial charge in [-0.15, -0.1) is 0 Å². The van der Waals surface area contributed by atoms with Gasteiger partial charge in [-0.25, -0.2) is 0 Å². The van der Waals surface area contributed by atoms with E-state index in [0.717, 1.165) is 54.9 Å². The van der Waals surface area contributed by atoms with Crippen LogP contribution in [0, 0.1) is 0 Å². The molecule has 0 amide bonds. The highest BCUT2D eigenvalue weighted by atomic mass is 16.3. The minimum atomic E-state index is 0.876. The van der Waals surface area contributed by atoms with Crippen LogP contribution in [0.3, 0.4) is 0 Å². The van der Waals surface area contributed by atoms with Gasteiger partial charge < -0.3 is 14.8 Å². The summed E-state index contributed by atoms with van der Waals surface area (Å²) in [6.45, 7) is 0. The van der Waals surface area contributed by atoms with Crippen LogP contribution in [-0.2, 0) is 0 Å². The summed E-state index contributed by atoms with van der Waals surface area (Å²) in [4.78, 5) is 0. The average Bonchev–Trinajstić information content (AvgIpc) is 3.52. The summed E-state index contributed by atoms with van der Waals surface area (Å²) in [5, 5.41) is 6.93. The average molecular weight is 438 g/mol. The Hall–Kier alpha value is -4.70. The second-order valence-corrected chi connectivity index (χ2v) is 8.85. The molecule has 3 heterocycles. The zero-order valence-electron chi connectivity index (χ0n) is 18.2. The standard InChI is InChI=1S/C30H19N3O/c31-33-23-16-17-26-27(21-11-5-7-13-25(21)34-26)28(23)29-24(33)15-14-20-19-10-4-6-12-22(19)32(30(20)29)18-8-2-1-3-9-18/h1-17H,31H2. The van der Waals surface area contributed by atoms with Gasteiger partial charge in [0.05, 0.1) is 22.1 Å². The lowest BCUT2D eigenvalue weighted by Crippen LogP contribution is -2.06. The number of nitrogen functional groups attached to an aromatic ring is 1. The second kappa shape index (κ2) is 6.21. The molecule has 0 unspecified atom stereocenters. The summed E-state index contributed by atoms with van der Waals surface area (Å²) in [6.07, 6.45) is 0. The number of nitrogens with two attached hydrogens (primary N) is 1. The third kappa shape index (κ3) is 2.08. The van der Waals surface area contributed by atoms with Crippen LogP contribution < -0.4 is 5.84 Å². The molecule has 0 fully saturated rings. The van der Waals surface area contributed by atoms with E-state index in [0.29, 0.717) is 0 Å². The Kier molecular flexibility index (Phi) is 3.25. The molecule has 8 aromatic rings. The van der Waals surface area contributed by atoms with Gasteiger partial charge in [0.1, 0.15) is 11.2 Å². The SMILES string of the molecule is Nn1c2ccc3oc4ccccc4c3c2c2c1ccc1c3ccccc3n(-c3ccccc3)c12. The third-order valence-electron chi connectivity index (χ3n) is 7.12. The van der Waals surface area contributed by atoms with Crippen LogP contribution in [0.2, 0.25) is 0 Å². The number of fused-ring (bicyclic) bond motifs is 11. The Bertz CT molecular complexity index is 2070. The molecular weight excluding hydrogens is 418 g/mol. The van der Waals surface area contributed by atoms with E-state index in [1.54, 1.807) is 0 Å². The number of furan rings is 1. The van der Waals surface area contributed by atoms with Gasteiger partial charge >= 0.3 is 0 Å². The van der Waals surface area contributed by atoms with Gasteiger partial charge in [0, 0.05) is 38.0 Å². The summed E-state index contributed by atoms with van der Waals surface area (Å²) in [7, 11) is 0. The fourth-order valence-corrected chi connectivity index (χ4v) is 5.73. The molecule has 2 N–H and O–H groups in total. The molecule has 0 radical (unpaired) electrons. The predicted molar refractivity (Wildman–Crippen MR) is 141 cm³/mol.